The number of nitro benzene ring substituents is 1. The van der Waals surface area contributed by atoms with Crippen LogP contribution in [0.5, 0.6) is 0 Å². The van der Waals surface area contributed by atoms with E-state index in [1.165, 1.54) is 6.07 Å². The molecule has 18 heavy (non-hydrogen) atoms. The normalized spacial score (nSPS) is 13.5. The Kier molecular flexibility index (Phi) is 3.04. The van der Waals surface area contributed by atoms with E-state index >= 15 is 0 Å². The van der Waals surface area contributed by atoms with Gasteiger partial charge in [-0.2, -0.15) is 0 Å². The van der Waals surface area contributed by atoms with Crippen LogP contribution in [0.2, 0.25) is 0 Å². The molecule has 0 amide bonds. The van der Waals surface area contributed by atoms with Gasteiger partial charge in [-0.25, -0.2) is 0 Å². The lowest BCUT2D eigenvalue weighted by molar-refractivity contribution is -0.384. The van der Waals surface area contributed by atoms with Crippen LogP contribution in [0.15, 0.2) is 17.1 Å². The number of aliphatic imine (C=N–C) groups is 1. The van der Waals surface area contributed by atoms with Gasteiger partial charge in [0, 0.05) is 24.4 Å². The highest BCUT2D eigenvalue weighted by Gasteiger charge is 2.21. The van der Waals surface area contributed by atoms with Crippen LogP contribution < -0.4 is 5.32 Å². The van der Waals surface area contributed by atoms with Gasteiger partial charge >= 0.3 is 0 Å². The average molecular weight is 249 g/mol. The first-order valence-electron chi connectivity index (χ1n) is 5.64. The molecule has 6 nitrogen and oxygen atoms in total. The Morgan fingerprint density at radius 2 is 2.28 bits per heavy atom. The number of anilines is 1. The molecule has 0 atom stereocenters. The summed E-state index contributed by atoms with van der Waals surface area (Å²) in [5, 5.41) is 23.6. The standard InChI is InChI=1S/C12H15N3O3/c1-12(2,16)7-14-10-3-8-5-13-6-9(8)4-11(10)15(17)18/h3-4,6,14,16H,5,7H2,1-2H3. The Morgan fingerprint density at radius 3 is 2.89 bits per heavy atom. The van der Waals surface area contributed by atoms with Crippen molar-refractivity contribution in [2.24, 2.45) is 4.99 Å². The molecule has 6 heteroatoms. The number of nitrogens with zero attached hydrogens (tertiary/aromatic N) is 2. The number of hydrogen-bond donors (Lipinski definition) is 2. The maximum absolute atomic E-state index is 11.0. The molecule has 0 saturated carbocycles. The molecule has 96 valence electrons. The zero-order valence-electron chi connectivity index (χ0n) is 10.3. The van der Waals surface area contributed by atoms with Gasteiger partial charge in [0.05, 0.1) is 17.1 Å². The Morgan fingerprint density at radius 1 is 1.56 bits per heavy atom. The Balaban J connectivity index is 2.32. The molecule has 0 fully saturated rings. The Labute approximate surface area is 105 Å². The van der Waals surface area contributed by atoms with Crippen molar-refractivity contribution in [3.63, 3.8) is 0 Å². The van der Waals surface area contributed by atoms with Crippen molar-refractivity contribution < 1.29 is 10.0 Å². The van der Waals surface area contributed by atoms with Crippen molar-refractivity contribution in [2.75, 3.05) is 11.9 Å². The first kappa shape index (κ1) is 12.5. The van der Waals surface area contributed by atoms with Crippen molar-refractivity contribution in [3.8, 4) is 0 Å². The van der Waals surface area contributed by atoms with E-state index in [2.05, 4.69) is 10.3 Å². The largest absolute Gasteiger partial charge is 0.389 e. The van der Waals surface area contributed by atoms with Crippen molar-refractivity contribution in [2.45, 2.75) is 26.0 Å². The molecule has 2 rings (SSSR count). The summed E-state index contributed by atoms with van der Waals surface area (Å²) in [7, 11) is 0. The fourth-order valence-corrected chi connectivity index (χ4v) is 1.75. The summed E-state index contributed by atoms with van der Waals surface area (Å²) in [6.45, 7) is 4.07. The Bertz CT molecular complexity index is 518. The first-order valence-corrected chi connectivity index (χ1v) is 5.64. The summed E-state index contributed by atoms with van der Waals surface area (Å²) in [6.07, 6.45) is 1.64. The molecule has 0 unspecified atom stereocenters. The highest BCUT2D eigenvalue weighted by atomic mass is 16.6. The molecule has 0 spiro atoms. The van der Waals surface area contributed by atoms with Gasteiger partial charge in [0.1, 0.15) is 5.69 Å². The van der Waals surface area contributed by atoms with Gasteiger partial charge in [-0.3, -0.25) is 15.1 Å². The van der Waals surface area contributed by atoms with E-state index < -0.39 is 10.5 Å². The van der Waals surface area contributed by atoms with Crippen LogP contribution in [-0.4, -0.2) is 28.4 Å². The third-order valence-corrected chi connectivity index (χ3v) is 2.66. The van der Waals surface area contributed by atoms with Gasteiger partial charge in [-0.15, -0.1) is 0 Å². The predicted octanol–water partition coefficient (Wildman–Crippen LogP) is 1.71. The van der Waals surface area contributed by atoms with Crippen LogP contribution in [0.4, 0.5) is 11.4 Å². The quantitative estimate of drug-likeness (QED) is 0.628. The minimum atomic E-state index is -0.927. The van der Waals surface area contributed by atoms with Crippen LogP contribution in [0.1, 0.15) is 25.0 Å². The third kappa shape index (κ3) is 2.65. The molecule has 2 N–H and O–H groups in total. The number of nitrogens with one attached hydrogen (secondary N) is 1. The Hall–Kier alpha value is -1.95. The first-order chi connectivity index (χ1) is 8.37. The molecule has 1 aliphatic rings. The molecule has 0 saturated heterocycles. The SMILES string of the molecule is CC(C)(O)CNc1cc2c(cc1[N+](=O)[O-])C=NC2. The molecule has 1 aromatic rings. The minimum Gasteiger partial charge on any atom is -0.389 e. The molecule has 1 aromatic carbocycles. The van der Waals surface area contributed by atoms with E-state index in [1.807, 2.05) is 0 Å². The number of aliphatic hydroxyl groups is 1. The summed E-state index contributed by atoms with van der Waals surface area (Å²) in [4.78, 5) is 14.7. The highest BCUT2D eigenvalue weighted by Crippen LogP contribution is 2.30. The highest BCUT2D eigenvalue weighted by molar-refractivity contribution is 5.87. The van der Waals surface area contributed by atoms with E-state index in [9.17, 15) is 15.2 Å². The smallest absolute Gasteiger partial charge is 0.292 e. The van der Waals surface area contributed by atoms with Gasteiger partial charge < -0.3 is 10.4 Å². The maximum Gasteiger partial charge on any atom is 0.292 e. The monoisotopic (exact) mass is 249 g/mol. The molecule has 0 aromatic heterocycles. The van der Waals surface area contributed by atoms with Gasteiger partial charge in [0.2, 0.25) is 0 Å². The van der Waals surface area contributed by atoms with E-state index in [0.29, 0.717) is 12.2 Å². The van der Waals surface area contributed by atoms with Gasteiger partial charge in [0.15, 0.2) is 0 Å². The van der Waals surface area contributed by atoms with Crippen LogP contribution in [0.3, 0.4) is 0 Å². The molecule has 0 radical (unpaired) electrons. The van der Waals surface area contributed by atoms with Crippen LogP contribution in [0.25, 0.3) is 0 Å². The van der Waals surface area contributed by atoms with Crippen molar-refractivity contribution in [1.82, 2.24) is 0 Å². The second-order valence-corrected chi connectivity index (χ2v) is 4.96. The fraction of sp³-hybridized carbons (Fsp3) is 0.417. The van der Waals surface area contributed by atoms with Crippen molar-refractivity contribution in [3.05, 3.63) is 33.4 Å². The van der Waals surface area contributed by atoms with Crippen LogP contribution in [0, 0.1) is 10.1 Å². The minimum absolute atomic E-state index is 0.00588. The lowest BCUT2D eigenvalue weighted by Gasteiger charge is -2.18. The lowest BCUT2D eigenvalue weighted by Crippen LogP contribution is -2.29. The van der Waals surface area contributed by atoms with Crippen LogP contribution >= 0.6 is 0 Å². The third-order valence-electron chi connectivity index (χ3n) is 2.66. The van der Waals surface area contributed by atoms with Crippen molar-refractivity contribution >= 4 is 17.6 Å². The second kappa shape index (κ2) is 4.38. The molecule has 1 heterocycles. The number of benzene rings is 1. The number of nitro groups is 1. The van der Waals surface area contributed by atoms with Gasteiger partial charge in [-0.05, 0) is 25.5 Å². The molecule has 0 aliphatic carbocycles. The molecule has 0 bridgehead atoms. The second-order valence-electron chi connectivity index (χ2n) is 4.96. The number of hydrogen-bond acceptors (Lipinski definition) is 5. The van der Waals surface area contributed by atoms with E-state index in [0.717, 1.165) is 11.1 Å². The van der Waals surface area contributed by atoms with Gasteiger partial charge in [-0.1, -0.05) is 0 Å². The molecular formula is C12H15N3O3. The summed E-state index contributed by atoms with van der Waals surface area (Å²) >= 11 is 0. The van der Waals surface area contributed by atoms with Gasteiger partial charge in [0.25, 0.3) is 5.69 Å². The average Bonchev–Trinajstić information content (AvgIpc) is 2.70. The fourth-order valence-electron chi connectivity index (χ4n) is 1.75. The molecule has 1 aliphatic heterocycles. The topological polar surface area (TPSA) is 87.8 Å². The van der Waals surface area contributed by atoms with Crippen molar-refractivity contribution in [1.29, 1.82) is 0 Å². The predicted molar refractivity (Wildman–Crippen MR) is 69.2 cm³/mol. The van der Waals surface area contributed by atoms with E-state index in [-0.39, 0.29) is 12.2 Å². The number of fused-ring (bicyclic) bond motifs is 1. The summed E-state index contributed by atoms with van der Waals surface area (Å²) in [6, 6.07) is 3.24. The summed E-state index contributed by atoms with van der Waals surface area (Å²) < 4.78 is 0. The number of rotatable bonds is 4. The lowest BCUT2D eigenvalue weighted by atomic mass is 10.1. The molecular weight excluding hydrogens is 234 g/mol. The van der Waals surface area contributed by atoms with E-state index in [1.54, 1.807) is 26.1 Å². The maximum atomic E-state index is 11.0. The van der Waals surface area contributed by atoms with Crippen LogP contribution in [-0.2, 0) is 6.54 Å². The zero-order valence-corrected chi connectivity index (χ0v) is 10.3. The van der Waals surface area contributed by atoms with E-state index in [4.69, 9.17) is 0 Å². The summed E-state index contributed by atoms with van der Waals surface area (Å²) in [5.41, 5.74) is 1.25. The summed E-state index contributed by atoms with van der Waals surface area (Å²) in [5.74, 6) is 0. The zero-order chi connectivity index (χ0) is 13.3.